The van der Waals surface area contributed by atoms with Gasteiger partial charge < -0.3 is 5.73 Å². The predicted molar refractivity (Wildman–Crippen MR) is 97.8 cm³/mol. The van der Waals surface area contributed by atoms with Crippen LogP contribution >= 0.6 is 0 Å². The first kappa shape index (κ1) is 21.2. The summed E-state index contributed by atoms with van der Waals surface area (Å²) < 4.78 is 0. The lowest BCUT2D eigenvalue weighted by Crippen LogP contribution is -2.31. The molecule has 2 nitrogen and oxygen atoms in total. The zero-order chi connectivity index (χ0) is 16.7. The molecule has 0 fully saturated rings. The van der Waals surface area contributed by atoms with E-state index >= 15 is 0 Å². The van der Waals surface area contributed by atoms with Crippen LogP contribution in [0, 0.1) is 5.41 Å². The molecular weight excluding hydrogens is 270 g/mol. The van der Waals surface area contributed by atoms with Crippen molar-refractivity contribution < 1.29 is 4.79 Å². The maximum atomic E-state index is 11.2. The van der Waals surface area contributed by atoms with E-state index in [0.717, 1.165) is 12.8 Å². The predicted octanol–water partition coefficient (Wildman–Crippen LogP) is 6.15. The van der Waals surface area contributed by atoms with Crippen LogP contribution in [-0.4, -0.2) is 5.91 Å². The molecule has 22 heavy (non-hydrogen) atoms. The first-order chi connectivity index (χ1) is 10.5. The van der Waals surface area contributed by atoms with Crippen molar-refractivity contribution in [1.29, 1.82) is 0 Å². The smallest absolute Gasteiger partial charge is 0.223 e. The van der Waals surface area contributed by atoms with Gasteiger partial charge >= 0.3 is 0 Å². The van der Waals surface area contributed by atoms with Gasteiger partial charge in [-0.3, -0.25) is 4.79 Å². The third kappa shape index (κ3) is 12.9. The highest BCUT2D eigenvalue weighted by Gasteiger charge is 2.23. The minimum Gasteiger partial charge on any atom is -0.369 e. The average molecular weight is 310 g/mol. The van der Waals surface area contributed by atoms with Crippen LogP contribution in [0.3, 0.4) is 0 Å². The van der Waals surface area contributed by atoms with Gasteiger partial charge in [0.2, 0.25) is 5.91 Å². The van der Waals surface area contributed by atoms with E-state index in [4.69, 9.17) is 5.73 Å². The summed E-state index contributed by atoms with van der Waals surface area (Å²) in [6, 6.07) is 0. The van der Waals surface area contributed by atoms with Crippen molar-refractivity contribution in [3.63, 3.8) is 0 Å². The van der Waals surface area contributed by atoms with Crippen molar-refractivity contribution in [3.05, 3.63) is 12.2 Å². The van der Waals surface area contributed by atoms with E-state index in [1.807, 2.05) is 13.8 Å². The van der Waals surface area contributed by atoms with Crippen LogP contribution in [0.5, 0.6) is 0 Å². The van der Waals surface area contributed by atoms with E-state index < -0.39 is 0 Å². The van der Waals surface area contributed by atoms with Crippen LogP contribution in [0.4, 0.5) is 0 Å². The Kier molecular flexibility index (Phi) is 13.3. The molecule has 0 saturated heterocycles. The van der Waals surface area contributed by atoms with Crippen molar-refractivity contribution in [3.8, 4) is 0 Å². The fraction of sp³-hybridized carbons (Fsp3) is 0.850. The zero-order valence-electron chi connectivity index (χ0n) is 15.3. The molecule has 0 bridgehead atoms. The van der Waals surface area contributed by atoms with Crippen molar-refractivity contribution in [1.82, 2.24) is 0 Å². The van der Waals surface area contributed by atoms with E-state index in [9.17, 15) is 4.79 Å². The maximum Gasteiger partial charge on any atom is 0.223 e. The number of nitrogens with two attached hydrogens (primary N) is 1. The quantitative estimate of drug-likeness (QED) is 0.286. The number of allylic oxidation sites excluding steroid dienone is 2. The van der Waals surface area contributed by atoms with Gasteiger partial charge in [0.1, 0.15) is 0 Å². The molecule has 0 rings (SSSR count). The average Bonchev–Trinajstić information content (AvgIpc) is 2.47. The minimum atomic E-state index is -0.336. The highest BCUT2D eigenvalue weighted by atomic mass is 16.1. The lowest BCUT2D eigenvalue weighted by molar-refractivity contribution is -0.126. The Morgan fingerprint density at radius 1 is 0.818 bits per heavy atom. The van der Waals surface area contributed by atoms with Gasteiger partial charge in [0.05, 0.1) is 0 Å². The van der Waals surface area contributed by atoms with Gasteiger partial charge in [0.15, 0.2) is 0 Å². The topological polar surface area (TPSA) is 43.1 Å². The normalized spacial score (nSPS) is 12.1. The summed E-state index contributed by atoms with van der Waals surface area (Å²) in [5.41, 5.74) is 5.04. The molecule has 0 atom stereocenters. The summed E-state index contributed by atoms with van der Waals surface area (Å²) in [6.07, 6.45) is 21.2. The van der Waals surface area contributed by atoms with Crippen LogP contribution in [0.2, 0.25) is 0 Å². The van der Waals surface area contributed by atoms with Crippen molar-refractivity contribution in [2.45, 2.75) is 104 Å². The molecule has 1 amide bonds. The van der Waals surface area contributed by atoms with Gasteiger partial charge in [-0.15, -0.1) is 0 Å². The molecule has 0 aliphatic rings. The number of carbonyl (C=O) groups excluding carboxylic acids is 1. The standard InChI is InChI=1S/C20H39NO/c1-4-5-6-7-8-9-10-11-12-13-14-15-16-17-18-20(2,3)19(21)22/h11-12H,4-10,13-18H2,1-3H3,(H2,21,22)/b12-11+. The second-order valence-corrected chi connectivity index (χ2v) is 7.23. The Morgan fingerprint density at radius 3 is 1.77 bits per heavy atom. The van der Waals surface area contributed by atoms with Crippen molar-refractivity contribution in [2.75, 3.05) is 0 Å². The van der Waals surface area contributed by atoms with Crippen LogP contribution in [0.25, 0.3) is 0 Å². The molecule has 0 aromatic rings. The first-order valence-electron chi connectivity index (χ1n) is 9.45. The number of unbranched alkanes of at least 4 members (excludes halogenated alkanes) is 10. The highest BCUT2D eigenvalue weighted by Crippen LogP contribution is 2.23. The molecule has 0 heterocycles. The summed E-state index contributed by atoms with van der Waals surface area (Å²) in [7, 11) is 0. The third-order valence-electron chi connectivity index (χ3n) is 4.48. The Hall–Kier alpha value is -0.790. The monoisotopic (exact) mass is 309 g/mol. The highest BCUT2D eigenvalue weighted by molar-refractivity contribution is 5.79. The Morgan fingerprint density at radius 2 is 1.27 bits per heavy atom. The zero-order valence-corrected chi connectivity index (χ0v) is 15.3. The Bertz CT molecular complexity index is 294. The second kappa shape index (κ2) is 13.8. The van der Waals surface area contributed by atoms with Gasteiger partial charge in [0, 0.05) is 5.41 Å². The summed E-state index contributed by atoms with van der Waals surface area (Å²) in [4.78, 5) is 11.2. The van der Waals surface area contributed by atoms with Crippen LogP contribution < -0.4 is 5.73 Å². The molecular formula is C20H39NO. The van der Waals surface area contributed by atoms with Gasteiger partial charge in [-0.2, -0.15) is 0 Å². The molecule has 130 valence electrons. The fourth-order valence-electron chi connectivity index (χ4n) is 2.58. The lowest BCUT2D eigenvalue weighted by Gasteiger charge is -2.19. The largest absolute Gasteiger partial charge is 0.369 e. The van der Waals surface area contributed by atoms with E-state index in [2.05, 4.69) is 19.1 Å². The summed E-state index contributed by atoms with van der Waals surface area (Å²) in [5, 5.41) is 0. The van der Waals surface area contributed by atoms with Gasteiger partial charge in [-0.05, 0) is 32.1 Å². The molecule has 0 aromatic heterocycles. The van der Waals surface area contributed by atoms with Gasteiger partial charge in [-0.25, -0.2) is 0 Å². The SMILES string of the molecule is CCCCCCCC/C=C/CCCCCCC(C)(C)C(N)=O. The second-order valence-electron chi connectivity index (χ2n) is 7.23. The minimum absolute atomic E-state index is 0.176. The van der Waals surface area contributed by atoms with Gasteiger partial charge in [0.25, 0.3) is 0 Å². The molecule has 0 unspecified atom stereocenters. The van der Waals surface area contributed by atoms with Gasteiger partial charge in [-0.1, -0.05) is 84.3 Å². The number of hydrogen-bond acceptors (Lipinski definition) is 1. The number of primary amides is 1. The van der Waals surface area contributed by atoms with E-state index in [0.29, 0.717) is 0 Å². The van der Waals surface area contributed by atoms with Crippen LogP contribution in [0.1, 0.15) is 104 Å². The molecule has 0 aliphatic heterocycles. The molecule has 2 N–H and O–H groups in total. The molecule has 0 aromatic carbocycles. The Labute approximate surface area is 138 Å². The number of rotatable bonds is 15. The maximum absolute atomic E-state index is 11.2. The van der Waals surface area contributed by atoms with Crippen LogP contribution in [0.15, 0.2) is 12.2 Å². The molecule has 0 aliphatic carbocycles. The third-order valence-corrected chi connectivity index (χ3v) is 4.48. The van der Waals surface area contributed by atoms with E-state index in [-0.39, 0.29) is 11.3 Å². The number of amides is 1. The molecule has 0 spiro atoms. The molecule has 0 saturated carbocycles. The Balaban J connectivity index is 3.29. The lowest BCUT2D eigenvalue weighted by atomic mass is 9.86. The summed E-state index contributed by atoms with van der Waals surface area (Å²) in [5.74, 6) is -0.176. The summed E-state index contributed by atoms with van der Waals surface area (Å²) >= 11 is 0. The van der Waals surface area contributed by atoms with Crippen molar-refractivity contribution in [2.24, 2.45) is 11.1 Å². The van der Waals surface area contributed by atoms with Crippen LogP contribution in [-0.2, 0) is 4.79 Å². The summed E-state index contributed by atoms with van der Waals surface area (Å²) in [6.45, 7) is 6.15. The van der Waals surface area contributed by atoms with E-state index in [1.54, 1.807) is 0 Å². The molecule has 2 heteroatoms. The number of hydrogen-bond donors (Lipinski definition) is 1. The molecule has 0 radical (unpaired) electrons. The first-order valence-corrected chi connectivity index (χ1v) is 9.45. The van der Waals surface area contributed by atoms with Crippen molar-refractivity contribution >= 4 is 5.91 Å². The van der Waals surface area contributed by atoms with E-state index in [1.165, 1.54) is 70.6 Å². The number of carbonyl (C=O) groups is 1. The fourth-order valence-corrected chi connectivity index (χ4v) is 2.58.